The molecular formula is C7H13N3O2S2. The third-order valence-corrected chi connectivity index (χ3v) is 4.35. The monoisotopic (exact) mass is 235 g/mol. The lowest BCUT2D eigenvalue weighted by Crippen LogP contribution is -2.36. The maximum atomic E-state index is 11.4. The van der Waals surface area contributed by atoms with Crippen molar-refractivity contribution in [2.45, 2.75) is 18.7 Å². The van der Waals surface area contributed by atoms with Crippen molar-refractivity contribution >= 4 is 21.4 Å². The molecule has 14 heavy (non-hydrogen) atoms. The van der Waals surface area contributed by atoms with E-state index in [0.29, 0.717) is 0 Å². The van der Waals surface area contributed by atoms with Gasteiger partial charge in [-0.05, 0) is 6.92 Å². The molecule has 0 spiro atoms. The standard InChI is InChI=1S/C7H13N3O2S2/c1-6(4-8)14(11,12)10-5-7-9-2-3-13-7/h2-3,6,10H,4-5,8H2,1H3. The molecule has 0 fully saturated rings. The van der Waals surface area contributed by atoms with E-state index in [1.807, 2.05) is 0 Å². The molecule has 0 saturated carbocycles. The number of nitrogens with one attached hydrogen (secondary N) is 1. The van der Waals surface area contributed by atoms with Gasteiger partial charge in [0.15, 0.2) is 0 Å². The van der Waals surface area contributed by atoms with Crippen molar-refractivity contribution in [1.82, 2.24) is 9.71 Å². The Hall–Kier alpha value is -0.500. The number of thiazole rings is 1. The SMILES string of the molecule is CC(CN)S(=O)(=O)NCc1nccs1. The molecule has 0 radical (unpaired) electrons. The maximum absolute atomic E-state index is 11.4. The Labute approximate surface area is 87.4 Å². The molecule has 0 saturated heterocycles. The fraction of sp³-hybridized carbons (Fsp3) is 0.571. The lowest BCUT2D eigenvalue weighted by molar-refractivity contribution is 0.568. The molecule has 5 nitrogen and oxygen atoms in total. The Morgan fingerprint density at radius 1 is 1.71 bits per heavy atom. The van der Waals surface area contributed by atoms with Crippen LogP contribution >= 0.6 is 11.3 Å². The van der Waals surface area contributed by atoms with Crippen LogP contribution in [0.1, 0.15) is 11.9 Å². The number of nitrogens with zero attached hydrogens (tertiary/aromatic N) is 1. The van der Waals surface area contributed by atoms with Crippen LogP contribution in [0.25, 0.3) is 0 Å². The maximum Gasteiger partial charge on any atom is 0.215 e. The largest absolute Gasteiger partial charge is 0.329 e. The van der Waals surface area contributed by atoms with Gasteiger partial charge in [-0.3, -0.25) is 0 Å². The average Bonchev–Trinajstić information content (AvgIpc) is 2.66. The molecular weight excluding hydrogens is 222 g/mol. The van der Waals surface area contributed by atoms with Crippen LogP contribution in [-0.4, -0.2) is 25.2 Å². The molecule has 0 aromatic carbocycles. The van der Waals surface area contributed by atoms with Crippen LogP contribution in [-0.2, 0) is 16.6 Å². The third-order valence-electron chi connectivity index (χ3n) is 1.77. The van der Waals surface area contributed by atoms with Gasteiger partial charge in [0.25, 0.3) is 0 Å². The molecule has 0 bridgehead atoms. The first-order chi connectivity index (χ1) is 6.56. The predicted octanol–water partition coefficient (Wildman–Crippen LogP) is -0.0903. The summed E-state index contributed by atoms with van der Waals surface area (Å²) < 4.78 is 25.3. The number of hydrogen-bond acceptors (Lipinski definition) is 5. The molecule has 3 N–H and O–H groups in total. The van der Waals surface area contributed by atoms with Crippen LogP contribution < -0.4 is 10.5 Å². The molecule has 1 aromatic heterocycles. The topological polar surface area (TPSA) is 85.1 Å². The molecule has 1 atom stereocenters. The molecule has 7 heteroatoms. The predicted molar refractivity (Wildman–Crippen MR) is 56.4 cm³/mol. The molecule has 1 unspecified atom stereocenters. The Balaban J connectivity index is 2.53. The molecule has 0 aliphatic rings. The highest BCUT2D eigenvalue weighted by atomic mass is 32.2. The normalized spacial score (nSPS) is 14.1. The minimum Gasteiger partial charge on any atom is -0.329 e. The van der Waals surface area contributed by atoms with Gasteiger partial charge in [0.1, 0.15) is 5.01 Å². The minimum absolute atomic E-state index is 0.118. The van der Waals surface area contributed by atoms with E-state index in [4.69, 9.17) is 5.73 Å². The first-order valence-corrected chi connectivity index (χ1v) is 6.56. The van der Waals surface area contributed by atoms with E-state index in [1.165, 1.54) is 11.3 Å². The second kappa shape index (κ2) is 4.83. The number of aromatic nitrogens is 1. The van der Waals surface area contributed by atoms with Gasteiger partial charge >= 0.3 is 0 Å². The number of rotatable bonds is 5. The van der Waals surface area contributed by atoms with E-state index in [2.05, 4.69) is 9.71 Å². The summed E-state index contributed by atoms with van der Waals surface area (Å²) in [5, 5.41) is 1.98. The van der Waals surface area contributed by atoms with Gasteiger partial charge in [0.2, 0.25) is 10.0 Å². The zero-order valence-corrected chi connectivity index (χ0v) is 9.44. The summed E-state index contributed by atoms with van der Waals surface area (Å²) in [6, 6.07) is 0. The first-order valence-electron chi connectivity index (χ1n) is 4.13. The van der Waals surface area contributed by atoms with Gasteiger partial charge in [-0.2, -0.15) is 0 Å². The Bertz CT molecular complexity index is 360. The van der Waals surface area contributed by atoms with Crippen LogP contribution in [0.15, 0.2) is 11.6 Å². The van der Waals surface area contributed by atoms with Gasteiger partial charge in [-0.15, -0.1) is 11.3 Å². The number of nitrogens with two attached hydrogens (primary N) is 1. The highest BCUT2D eigenvalue weighted by Crippen LogP contribution is 2.04. The Morgan fingerprint density at radius 2 is 2.43 bits per heavy atom. The fourth-order valence-corrected chi connectivity index (χ4v) is 2.29. The number of hydrogen-bond donors (Lipinski definition) is 2. The van der Waals surface area contributed by atoms with Gasteiger partial charge in [-0.1, -0.05) is 0 Å². The van der Waals surface area contributed by atoms with Crippen LogP contribution in [0.2, 0.25) is 0 Å². The lowest BCUT2D eigenvalue weighted by Gasteiger charge is -2.10. The van der Waals surface area contributed by atoms with Crippen molar-refractivity contribution in [2.24, 2.45) is 5.73 Å². The fourth-order valence-electron chi connectivity index (χ4n) is 0.772. The highest BCUT2D eigenvalue weighted by Gasteiger charge is 2.18. The molecule has 80 valence electrons. The summed E-state index contributed by atoms with van der Waals surface area (Å²) in [7, 11) is -3.29. The Morgan fingerprint density at radius 3 is 2.93 bits per heavy atom. The van der Waals surface area contributed by atoms with Crippen molar-refractivity contribution in [2.75, 3.05) is 6.54 Å². The van der Waals surface area contributed by atoms with E-state index in [1.54, 1.807) is 18.5 Å². The van der Waals surface area contributed by atoms with Gasteiger partial charge < -0.3 is 5.73 Å². The molecule has 0 aliphatic heterocycles. The van der Waals surface area contributed by atoms with E-state index < -0.39 is 15.3 Å². The molecule has 0 aliphatic carbocycles. The van der Waals surface area contributed by atoms with E-state index in [9.17, 15) is 8.42 Å². The quantitative estimate of drug-likeness (QED) is 0.747. The van der Waals surface area contributed by atoms with E-state index in [0.717, 1.165) is 5.01 Å². The molecule has 1 heterocycles. The van der Waals surface area contributed by atoms with Gasteiger partial charge in [-0.25, -0.2) is 18.1 Å². The highest BCUT2D eigenvalue weighted by molar-refractivity contribution is 7.90. The van der Waals surface area contributed by atoms with Gasteiger partial charge in [0, 0.05) is 18.1 Å². The summed E-state index contributed by atoms with van der Waals surface area (Å²) in [4.78, 5) is 3.96. The van der Waals surface area contributed by atoms with Crippen molar-refractivity contribution in [3.8, 4) is 0 Å². The van der Waals surface area contributed by atoms with E-state index >= 15 is 0 Å². The minimum atomic E-state index is -3.29. The third kappa shape index (κ3) is 3.02. The van der Waals surface area contributed by atoms with Crippen molar-refractivity contribution in [3.05, 3.63) is 16.6 Å². The van der Waals surface area contributed by atoms with Crippen molar-refractivity contribution in [3.63, 3.8) is 0 Å². The van der Waals surface area contributed by atoms with E-state index in [-0.39, 0.29) is 13.1 Å². The average molecular weight is 235 g/mol. The van der Waals surface area contributed by atoms with Crippen LogP contribution in [0.4, 0.5) is 0 Å². The zero-order valence-electron chi connectivity index (χ0n) is 7.80. The van der Waals surface area contributed by atoms with Crippen LogP contribution in [0.5, 0.6) is 0 Å². The number of sulfonamides is 1. The molecule has 0 amide bonds. The summed E-state index contributed by atoms with van der Waals surface area (Å²) in [5.41, 5.74) is 5.27. The summed E-state index contributed by atoms with van der Waals surface area (Å²) in [6.45, 7) is 1.93. The summed E-state index contributed by atoms with van der Waals surface area (Å²) in [6.07, 6.45) is 1.64. The van der Waals surface area contributed by atoms with Crippen LogP contribution in [0.3, 0.4) is 0 Å². The lowest BCUT2D eigenvalue weighted by atomic mass is 10.5. The van der Waals surface area contributed by atoms with Crippen molar-refractivity contribution < 1.29 is 8.42 Å². The summed E-state index contributed by atoms with van der Waals surface area (Å²) in [5.74, 6) is 0. The Kier molecular flexibility index (Phi) is 3.99. The smallest absolute Gasteiger partial charge is 0.215 e. The van der Waals surface area contributed by atoms with Crippen molar-refractivity contribution in [1.29, 1.82) is 0 Å². The molecule has 1 aromatic rings. The summed E-state index contributed by atoms with van der Waals surface area (Å²) >= 11 is 1.41. The first kappa shape index (κ1) is 11.6. The van der Waals surface area contributed by atoms with Crippen LogP contribution in [0, 0.1) is 0 Å². The molecule has 1 rings (SSSR count). The second-order valence-electron chi connectivity index (χ2n) is 2.84. The van der Waals surface area contributed by atoms with Gasteiger partial charge in [0.05, 0.1) is 11.8 Å². The second-order valence-corrected chi connectivity index (χ2v) is 6.00. The zero-order chi connectivity index (χ0) is 10.6.